The van der Waals surface area contributed by atoms with Crippen molar-refractivity contribution >= 4 is 21.4 Å². The number of aromatic nitrogens is 2. The number of benzene rings is 1. The molecule has 0 saturated heterocycles. The van der Waals surface area contributed by atoms with Crippen LogP contribution in [0.3, 0.4) is 0 Å². The van der Waals surface area contributed by atoms with Crippen LogP contribution in [0.4, 0.5) is 11.4 Å². The van der Waals surface area contributed by atoms with E-state index in [4.69, 9.17) is 5.73 Å². The first-order chi connectivity index (χ1) is 9.80. The monoisotopic (exact) mass is 308 g/mol. The SMILES string of the molecule is CCN(c1ccccc1N)S(=O)(=O)c1c(C)nn(C)c1C. The molecule has 0 radical (unpaired) electrons. The lowest BCUT2D eigenvalue weighted by atomic mass is 10.3. The molecule has 21 heavy (non-hydrogen) atoms. The second-order valence-electron chi connectivity index (χ2n) is 4.85. The number of nitrogens with two attached hydrogens (primary N) is 1. The van der Waals surface area contributed by atoms with Gasteiger partial charge in [0.25, 0.3) is 10.0 Å². The Kier molecular flexibility index (Phi) is 3.95. The lowest BCUT2D eigenvalue weighted by molar-refractivity contribution is 0.590. The Labute approximate surface area is 125 Å². The predicted octanol–water partition coefficient (Wildman–Crippen LogP) is 1.83. The van der Waals surface area contributed by atoms with Crippen LogP contribution in [-0.2, 0) is 17.1 Å². The van der Waals surface area contributed by atoms with Crippen molar-refractivity contribution in [3.8, 4) is 0 Å². The van der Waals surface area contributed by atoms with E-state index < -0.39 is 10.0 Å². The Balaban J connectivity index is 2.64. The van der Waals surface area contributed by atoms with Gasteiger partial charge in [-0.15, -0.1) is 0 Å². The van der Waals surface area contributed by atoms with Gasteiger partial charge in [0, 0.05) is 13.6 Å². The van der Waals surface area contributed by atoms with Crippen LogP contribution in [0, 0.1) is 13.8 Å². The van der Waals surface area contributed by atoms with E-state index in [9.17, 15) is 8.42 Å². The summed E-state index contributed by atoms with van der Waals surface area (Å²) in [6.45, 7) is 5.52. The van der Waals surface area contributed by atoms with Crippen molar-refractivity contribution < 1.29 is 8.42 Å². The third-order valence-corrected chi connectivity index (χ3v) is 5.63. The Hall–Kier alpha value is -2.02. The fourth-order valence-corrected chi connectivity index (χ4v) is 4.33. The van der Waals surface area contributed by atoms with Crippen molar-refractivity contribution in [2.75, 3.05) is 16.6 Å². The van der Waals surface area contributed by atoms with E-state index >= 15 is 0 Å². The highest BCUT2D eigenvalue weighted by Gasteiger charge is 2.30. The molecule has 1 aromatic carbocycles. The highest BCUT2D eigenvalue weighted by atomic mass is 32.2. The van der Waals surface area contributed by atoms with Gasteiger partial charge in [0.1, 0.15) is 4.90 Å². The zero-order chi connectivity index (χ0) is 15.8. The number of anilines is 2. The molecule has 0 aliphatic carbocycles. The third-order valence-electron chi connectivity index (χ3n) is 3.48. The molecule has 1 aromatic heterocycles. The maximum absolute atomic E-state index is 13.0. The third kappa shape index (κ3) is 2.49. The van der Waals surface area contributed by atoms with Gasteiger partial charge >= 0.3 is 0 Å². The summed E-state index contributed by atoms with van der Waals surface area (Å²) in [4.78, 5) is 0.245. The van der Waals surface area contributed by atoms with Gasteiger partial charge in [0.2, 0.25) is 0 Å². The number of sulfonamides is 1. The van der Waals surface area contributed by atoms with E-state index in [-0.39, 0.29) is 4.90 Å². The molecule has 2 rings (SSSR count). The van der Waals surface area contributed by atoms with Gasteiger partial charge in [-0.25, -0.2) is 8.42 Å². The quantitative estimate of drug-likeness (QED) is 0.874. The number of para-hydroxylation sites is 2. The summed E-state index contributed by atoms with van der Waals surface area (Å²) in [5.74, 6) is 0. The van der Waals surface area contributed by atoms with E-state index in [2.05, 4.69) is 5.10 Å². The summed E-state index contributed by atoms with van der Waals surface area (Å²) >= 11 is 0. The van der Waals surface area contributed by atoms with Crippen LogP contribution in [0.25, 0.3) is 0 Å². The predicted molar refractivity (Wildman–Crippen MR) is 83.7 cm³/mol. The largest absolute Gasteiger partial charge is 0.397 e. The molecule has 6 nitrogen and oxygen atoms in total. The summed E-state index contributed by atoms with van der Waals surface area (Å²) in [5, 5.41) is 4.19. The first-order valence-electron chi connectivity index (χ1n) is 6.68. The Morgan fingerprint density at radius 2 is 1.90 bits per heavy atom. The zero-order valence-corrected chi connectivity index (χ0v) is 13.5. The molecule has 0 amide bonds. The molecule has 0 saturated carbocycles. The van der Waals surface area contributed by atoms with Crippen molar-refractivity contribution in [1.82, 2.24) is 9.78 Å². The van der Waals surface area contributed by atoms with Crippen molar-refractivity contribution in [3.63, 3.8) is 0 Å². The Bertz CT molecular complexity index is 765. The Morgan fingerprint density at radius 1 is 1.29 bits per heavy atom. The van der Waals surface area contributed by atoms with Gasteiger partial charge in [-0.1, -0.05) is 12.1 Å². The molecule has 1 heterocycles. The molecule has 114 valence electrons. The minimum absolute atomic E-state index is 0.245. The number of hydrogen-bond donors (Lipinski definition) is 1. The lowest BCUT2D eigenvalue weighted by Gasteiger charge is -2.24. The highest BCUT2D eigenvalue weighted by Crippen LogP contribution is 2.30. The lowest BCUT2D eigenvalue weighted by Crippen LogP contribution is -2.32. The molecule has 0 aliphatic rings. The van der Waals surface area contributed by atoms with E-state index in [1.165, 1.54) is 4.31 Å². The highest BCUT2D eigenvalue weighted by molar-refractivity contribution is 7.93. The number of nitrogens with zero attached hydrogens (tertiary/aromatic N) is 3. The van der Waals surface area contributed by atoms with Crippen molar-refractivity contribution in [2.24, 2.45) is 7.05 Å². The van der Waals surface area contributed by atoms with Gasteiger partial charge in [-0.3, -0.25) is 8.99 Å². The Morgan fingerprint density at radius 3 is 2.38 bits per heavy atom. The van der Waals surface area contributed by atoms with Crippen LogP contribution in [0.15, 0.2) is 29.2 Å². The number of rotatable bonds is 4. The maximum Gasteiger partial charge on any atom is 0.268 e. The standard InChI is InChI=1S/C14H20N4O2S/c1-5-18(13-9-7-6-8-12(13)15)21(19,20)14-10(2)16-17(4)11(14)3/h6-9H,5,15H2,1-4H3. The van der Waals surface area contributed by atoms with Crippen molar-refractivity contribution in [1.29, 1.82) is 0 Å². The molecule has 0 atom stereocenters. The fourth-order valence-electron chi connectivity index (χ4n) is 2.42. The summed E-state index contributed by atoms with van der Waals surface area (Å²) in [7, 11) is -1.97. The van der Waals surface area contributed by atoms with Crippen molar-refractivity contribution in [2.45, 2.75) is 25.7 Å². The minimum Gasteiger partial charge on any atom is -0.397 e. The number of hydrogen-bond acceptors (Lipinski definition) is 4. The number of nitrogen functional groups attached to an aromatic ring is 1. The van der Waals surface area contributed by atoms with Gasteiger partial charge in [0.05, 0.1) is 22.8 Å². The zero-order valence-electron chi connectivity index (χ0n) is 12.7. The van der Waals surface area contributed by atoms with E-state index in [1.54, 1.807) is 56.8 Å². The van der Waals surface area contributed by atoms with Gasteiger partial charge < -0.3 is 5.73 Å². The molecule has 7 heteroatoms. The molecular weight excluding hydrogens is 288 g/mol. The van der Waals surface area contributed by atoms with Crippen LogP contribution >= 0.6 is 0 Å². The first kappa shape index (κ1) is 15.4. The topological polar surface area (TPSA) is 81.2 Å². The molecular formula is C14H20N4O2S. The molecule has 0 spiro atoms. The summed E-state index contributed by atoms with van der Waals surface area (Å²) in [5.41, 5.74) is 7.95. The van der Waals surface area contributed by atoms with E-state index in [1.807, 2.05) is 0 Å². The maximum atomic E-state index is 13.0. The summed E-state index contributed by atoms with van der Waals surface area (Å²) < 4.78 is 28.9. The average Bonchev–Trinajstić information content (AvgIpc) is 2.66. The molecule has 2 N–H and O–H groups in total. The van der Waals surface area contributed by atoms with Crippen LogP contribution < -0.4 is 10.0 Å². The summed E-state index contributed by atoms with van der Waals surface area (Å²) in [6.07, 6.45) is 0. The van der Waals surface area contributed by atoms with Gasteiger partial charge in [0.15, 0.2) is 0 Å². The molecule has 2 aromatic rings. The minimum atomic E-state index is -3.70. The van der Waals surface area contributed by atoms with Gasteiger partial charge in [-0.05, 0) is 32.9 Å². The molecule has 0 aliphatic heterocycles. The van der Waals surface area contributed by atoms with Gasteiger partial charge in [-0.2, -0.15) is 5.10 Å². The average molecular weight is 308 g/mol. The van der Waals surface area contributed by atoms with E-state index in [0.717, 1.165) is 0 Å². The number of aryl methyl sites for hydroxylation is 2. The van der Waals surface area contributed by atoms with Crippen LogP contribution in [0.1, 0.15) is 18.3 Å². The summed E-state index contributed by atoms with van der Waals surface area (Å²) in [6, 6.07) is 6.95. The second-order valence-corrected chi connectivity index (χ2v) is 6.65. The van der Waals surface area contributed by atoms with Crippen LogP contribution in [0.5, 0.6) is 0 Å². The second kappa shape index (κ2) is 5.40. The molecule has 0 unspecified atom stereocenters. The normalized spacial score (nSPS) is 11.6. The van der Waals surface area contributed by atoms with E-state index in [0.29, 0.717) is 29.3 Å². The van der Waals surface area contributed by atoms with Crippen molar-refractivity contribution in [3.05, 3.63) is 35.7 Å². The molecule has 0 bridgehead atoms. The molecule has 0 fully saturated rings. The fraction of sp³-hybridized carbons (Fsp3) is 0.357. The van der Waals surface area contributed by atoms with Crippen LogP contribution in [0.2, 0.25) is 0 Å². The first-order valence-corrected chi connectivity index (χ1v) is 8.12. The smallest absolute Gasteiger partial charge is 0.268 e. The van der Waals surface area contributed by atoms with Crippen LogP contribution in [-0.4, -0.2) is 24.7 Å².